The predicted molar refractivity (Wildman–Crippen MR) is 117 cm³/mol. The van der Waals surface area contributed by atoms with Gasteiger partial charge < -0.3 is 4.74 Å². The number of esters is 1. The summed E-state index contributed by atoms with van der Waals surface area (Å²) in [7, 11) is 0. The van der Waals surface area contributed by atoms with Crippen molar-refractivity contribution in [2.45, 2.75) is 141 Å². The molecule has 0 aromatic rings. The van der Waals surface area contributed by atoms with Crippen molar-refractivity contribution in [1.82, 2.24) is 0 Å². The Morgan fingerprint density at radius 2 is 1.15 bits per heavy atom. The molecule has 0 unspecified atom stereocenters. The second kappa shape index (κ2) is 15.2. The van der Waals surface area contributed by atoms with E-state index >= 15 is 0 Å². The highest BCUT2D eigenvalue weighted by atomic mass is 16.6. The summed E-state index contributed by atoms with van der Waals surface area (Å²) in [6.07, 6.45) is 24.2. The van der Waals surface area contributed by atoms with Crippen LogP contribution < -0.4 is 0 Å². The Kier molecular flexibility index (Phi) is 13.6. The van der Waals surface area contributed by atoms with Crippen LogP contribution >= 0.6 is 0 Å². The van der Waals surface area contributed by atoms with Gasteiger partial charge in [0, 0.05) is 5.57 Å². The van der Waals surface area contributed by atoms with E-state index in [4.69, 9.17) is 4.74 Å². The van der Waals surface area contributed by atoms with E-state index in [1.54, 1.807) is 6.92 Å². The molecule has 1 aliphatic carbocycles. The molecule has 158 valence electrons. The SMILES string of the molecule is C=C(C)C(=O)OC1(CCCC)CCCCCCCCCCCCCCCC1. The summed E-state index contributed by atoms with van der Waals surface area (Å²) in [5.41, 5.74) is 0.286. The lowest BCUT2D eigenvalue weighted by molar-refractivity contribution is -0.158. The van der Waals surface area contributed by atoms with Crippen molar-refractivity contribution < 1.29 is 9.53 Å². The molecule has 1 fully saturated rings. The lowest BCUT2D eigenvalue weighted by Gasteiger charge is -2.34. The third-order valence-corrected chi connectivity index (χ3v) is 6.16. The van der Waals surface area contributed by atoms with E-state index in [0.29, 0.717) is 5.57 Å². The number of carbonyl (C=O) groups excluding carboxylic acids is 1. The van der Waals surface area contributed by atoms with E-state index < -0.39 is 0 Å². The van der Waals surface area contributed by atoms with E-state index in [1.165, 1.54) is 89.9 Å². The minimum atomic E-state index is -0.250. The molecule has 2 heteroatoms. The molecule has 0 amide bonds. The van der Waals surface area contributed by atoms with Crippen molar-refractivity contribution in [3.63, 3.8) is 0 Å². The van der Waals surface area contributed by atoms with E-state index in [2.05, 4.69) is 13.5 Å². The summed E-state index contributed by atoms with van der Waals surface area (Å²) in [4.78, 5) is 12.4. The smallest absolute Gasteiger partial charge is 0.333 e. The number of hydrogen-bond acceptors (Lipinski definition) is 2. The predicted octanol–water partition coefficient (Wildman–Crippen LogP) is 8.29. The van der Waals surface area contributed by atoms with Gasteiger partial charge in [-0.2, -0.15) is 0 Å². The van der Waals surface area contributed by atoms with Gasteiger partial charge in [-0.15, -0.1) is 0 Å². The number of unbranched alkanes of at least 4 members (excludes halogenated alkanes) is 1. The van der Waals surface area contributed by atoms with Crippen LogP contribution in [0.4, 0.5) is 0 Å². The summed E-state index contributed by atoms with van der Waals surface area (Å²) < 4.78 is 6.13. The van der Waals surface area contributed by atoms with Crippen molar-refractivity contribution in [2.75, 3.05) is 0 Å². The Hall–Kier alpha value is -0.790. The third kappa shape index (κ3) is 11.6. The largest absolute Gasteiger partial charge is 0.456 e. The third-order valence-electron chi connectivity index (χ3n) is 6.16. The van der Waals surface area contributed by atoms with E-state index in [0.717, 1.165) is 32.1 Å². The number of hydrogen-bond donors (Lipinski definition) is 0. The highest BCUT2D eigenvalue weighted by Crippen LogP contribution is 2.33. The standard InChI is InChI=1S/C25H46O2/c1-4-5-20-25(27-24(26)23(2)3)21-18-16-14-12-10-8-6-7-9-11-13-15-17-19-22-25/h2,4-22H2,1,3H3. The van der Waals surface area contributed by atoms with Crippen molar-refractivity contribution in [3.8, 4) is 0 Å². The zero-order valence-corrected chi connectivity index (χ0v) is 18.5. The molecule has 0 radical (unpaired) electrons. The maximum absolute atomic E-state index is 12.4. The highest BCUT2D eigenvalue weighted by Gasteiger charge is 2.33. The van der Waals surface area contributed by atoms with Gasteiger partial charge in [-0.3, -0.25) is 0 Å². The fourth-order valence-corrected chi connectivity index (χ4v) is 4.33. The first-order valence-corrected chi connectivity index (χ1v) is 12.0. The van der Waals surface area contributed by atoms with Crippen molar-refractivity contribution in [3.05, 3.63) is 12.2 Å². The maximum atomic E-state index is 12.4. The molecular weight excluding hydrogens is 332 g/mol. The van der Waals surface area contributed by atoms with Crippen LogP contribution in [0, 0.1) is 0 Å². The highest BCUT2D eigenvalue weighted by molar-refractivity contribution is 5.87. The van der Waals surface area contributed by atoms with Gasteiger partial charge in [0.2, 0.25) is 0 Å². The van der Waals surface area contributed by atoms with E-state index in [1.807, 2.05) is 0 Å². The van der Waals surface area contributed by atoms with Crippen LogP contribution in [0.2, 0.25) is 0 Å². The number of carbonyl (C=O) groups is 1. The second-order valence-electron chi connectivity index (χ2n) is 8.91. The summed E-state index contributed by atoms with van der Waals surface area (Å²) in [6.45, 7) is 7.81. The molecule has 0 N–H and O–H groups in total. The van der Waals surface area contributed by atoms with Crippen LogP contribution in [0.25, 0.3) is 0 Å². The topological polar surface area (TPSA) is 26.3 Å². The molecule has 0 aliphatic heterocycles. The molecule has 1 saturated carbocycles. The fraction of sp³-hybridized carbons (Fsp3) is 0.880. The van der Waals surface area contributed by atoms with E-state index in [-0.39, 0.29) is 11.6 Å². The molecule has 0 aromatic carbocycles. The van der Waals surface area contributed by atoms with Gasteiger partial charge in [-0.25, -0.2) is 4.79 Å². The van der Waals surface area contributed by atoms with Gasteiger partial charge in [0.1, 0.15) is 5.60 Å². The molecule has 0 atom stereocenters. The molecule has 1 aliphatic rings. The molecule has 0 bridgehead atoms. The Labute approximate surface area is 169 Å². The number of ether oxygens (including phenoxy) is 1. The minimum Gasteiger partial charge on any atom is -0.456 e. The van der Waals surface area contributed by atoms with Crippen LogP contribution in [0.5, 0.6) is 0 Å². The minimum absolute atomic E-state index is 0.183. The normalized spacial score (nSPS) is 21.1. The average Bonchev–Trinajstić information content (AvgIpc) is 2.65. The quantitative estimate of drug-likeness (QED) is 0.355. The first-order chi connectivity index (χ1) is 13.1. The molecule has 2 nitrogen and oxygen atoms in total. The zero-order valence-electron chi connectivity index (χ0n) is 18.5. The maximum Gasteiger partial charge on any atom is 0.333 e. The van der Waals surface area contributed by atoms with Gasteiger partial charge in [-0.1, -0.05) is 97.0 Å². The Bertz CT molecular complexity index is 381. The van der Waals surface area contributed by atoms with Gasteiger partial charge in [0.05, 0.1) is 0 Å². The molecule has 0 heterocycles. The molecule has 1 rings (SSSR count). The summed E-state index contributed by atoms with van der Waals surface area (Å²) >= 11 is 0. The van der Waals surface area contributed by atoms with Crippen molar-refractivity contribution in [2.24, 2.45) is 0 Å². The van der Waals surface area contributed by atoms with Crippen LogP contribution in [0.3, 0.4) is 0 Å². The summed E-state index contributed by atoms with van der Waals surface area (Å²) in [5.74, 6) is -0.183. The summed E-state index contributed by atoms with van der Waals surface area (Å²) in [6, 6.07) is 0. The lowest BCUT2D eigenvalue weighted by Crippen LogP contribution is -2.35. The van der Waals surface area contributed by atoms with Gasteiger partial charge >= 0.3 is 5.97 Å². The summed E-state index contributed by atoms with van der Waals surface area (Å²) in [5, 5.41) is 0. The first-order valence-electron chi connectivity index (χ1n) is 12.0. The molecule has 27 heavy (non-hydrogen) atoms. The van der Waals surface area contributed by atoms with Gasteiger partial charge in [-0.05, 0) is 45.4 Å². The molecule has 0 aromatic heterocycles. The Morgan fingerprint density at radius 1 is 0.778 bits per heavy atom. The van der Waals surface area contributed by atoms with Crippen LogP contribution in [0.15, 0.2) is 12.2 Å². The van der Waals surface area contributed by atoms with Crippen LogP contribution in [-0.4, -0.2) is 11.6 Å². The lowest BCUT2D eigenvalue weighted by atomic mass is 9.85. The van der Waals surface area contributed by atoms with Crippen molar-refractivity contribution >= 4 is 5.97 Å². The molecule has 0 spiro atoms. The van der Waals surface area contributed by atoms with E-state index in [9.17, 15) is 4.79 Å². The zero-order chi connectivity index (χ0) is 19.8. The first kappa shape index (κ1) is 24.2. The second-order valence-corrected chi connectivity index (χ2v) is 8.91. The van der Waals surface area contributed by atoms with Crippen molar-refractivity contribution in [1.29, 1.82) is 0 Å². The number of rotatable bonds is 5. The molecular formula is C25H46O2. The fourth-order valence-electron chi connectivity index (χ4n) is 4.33. The Morgan fingerprint density at radius 3 is 1.48 bits per heavy atom. The molecule has 0 saturated heterocycles. The monoisotopic (exact) mass is 378 g/mol. The van der Waals surface area contributed by atoms with Gasteiger partial charge in [0.25, 0.3) is 0 Å². The van der Waals surface area contributed by atoms with Gasteiger partial charge in [0.15, 0.2) is 0 Å². The Balaban J connectivity index is 2.69. The van der Waals surface area contributed by atoms with Crippen LogP contribution in [0.1, 0.15) is 136 Å². The van der Waals surface area contributed by atoms with Crippen LogP contribution in [-0.2, 0) is 9.53 Å². The average molecular weight is 379 g/mol.